The molecule has 0 fully saturated rings. The Labute approximate surface area is 128 Å². The van der Waals surface area contributed by atoms with Crippen LogP contribution in [0, 0.1) is 3.57 Å². The summed E-state index contributed by atoms with van der Waals surface area (Å²) in [6, 6.07) is 14.9. The van der Waals surface area contributed by atoms with E-state index in [0.717, 1.165) is 8.04 Å². The fourth-order valence-electron chi connectivity index (χ4n) is 1.42. The standard InChI is InChI=1S/C14H10BrIO2/c15-12-3-1-2-4-14(12)18-9-13(17)10-5-7-11(16)8-6-10/h1-8H,9H2. The van der Waals surface area contributed by atoms with Gasteiger partial charge in [-0.25, -0.2) is 0 Å². The number of rotatable bonds is 4. The Morgan fingerprint density at radius 2 is 1.78 bits per heavy atom. The first-order valence-corrected chi connectivity index (χ1v) is 7.20. The van der Waals surface area contributed by atoms with Gasteiger partial charge in [-0.2, -0.15) is 0 Å². The minimum atomic E-state index is -0.0258. The number of benzene rings is 2. The molecule has 0 aliphatic carbocycles. The lowest BCUT2D eigenvalue weighted by Gasteiger charge is -2.07. The number of carbonyl (C=O) groups is 1. The van der Waals surface area contributed by atoms with Gasteiger partial charge in [-0.1, -0.05) is 24.3 Å². The second-order valence-corrected chi connectivity index (χ2v) is 5.75. The molecule has 0 N–H and O–H groups in total. The zero-order valence-corrected chi connectivity index (χ0v) is 13.1. The van der Waals surface area contributed by atoms with Crippen molar-refractivity contribution < 1.29 is 9.53 Å². The first kappa shape index (κ1) is 13.5. The van der Waals surface area contributed by atoms with Crippen molar-refractivity contribution in [3.63, 3.8) is 0 Å². The Balaban J connectivity index is 2.01. The van der Waals surface area contributed by atoms with Crippen LogP contribution in [-0.4, -0.2) is 12.4 Å². The highest BCUT2D eigenvalue weighted by Crippen LogP contribution is 2.23. The number of ketones is 1. The van der Waals surface area contributed by atoms with Gasteiger partial charge in [0.15, 0.2) is 12.4 Å². The predicted octanol–water partition coefficient (Wildman–Crippen LogP) is 4.32. The number of carbonyl (C=O) groups excluding carboxylic acids is 1. The molecular weight excluding hydrogens is 407 g/mol. The molecule has 0 saturated carbocycles. The van der Waals surface area contributed by atoms with Gasteiger partial charge in [0, 0.05) is 9.13 Å². The maximum Gasteiger partial charge on any atom is 0.200 e. The van der Waals surface area contributed by atoms with Gasteiger partial charge in [-0.05, 0) is 62.8 Å². The summed E-state index contributed by atoms with van der Waals surface area (Å²) in [7, 11) is 0. The number of ether oxygens (including phenoxy) is 1. The molecule has 0 saturated heterocycles. The van der Waals surface area contributed by atoms with Gasteiger partial charge in [-0.15, -0.1) is 0 Å². The van der Waals surface area contributed by atoms with E-state index in [2.05, 4.69) is 38.5 Å². The van der Waals surface area contributed by atoms with Gasteiger partial charge in [0.2, 0.25) is 0 Å². The quantitative estimate of drug-likeness (QED) is 0.548. The molecule has 18 heavy (non-hydrogen) atoms. The molecule has 4 heteroatoms. The van der Waals surface area contributed by atoms with Crippen LogP contribution in [0.2, 0.25) is 0 Å². The lowest BCUT2D eigenvalue weighted by molar-refractivity contribution is 0.0921. The smallest absolute Gasteiger partial charge is 0.200 e. The molecule has 0 aliphatic rings. The molecule has 0 unspecified atom stereocenters. The van der Waals surface area contributed by atoms with Crippen LogP contribution in [0.1, 0.15) is 10.4 Å². The molecule has 2 rings (SSSR count). The van der Waals surface area contributed by atoms with Crippen LogP contribution in [0.3, 0.4) is 0 Å². The second kappa shape index (κ2) is 6.33. The first-order valence-electron chi connectivity index (χ1n) is 5.33. The molecular formula is C14H10BrIO2. The van der Waals surface area contributed by atoms with Crippen LogP contribution in [0.5, 0.6) is 5.75 Å². The number of Topliss-reactive ketones (excluding diaryl/α,β-unsaturated/α-hetero) is 1. The molecule has 2 aromatic rings. The zero-order valence-electron chi connectivity index (χ0n) is 9.40. The van der Waals surface area contributed by atoms with Crippen molar-refractivity contribution in [3.05, 3.63) is 62.1 Å². The topological polar surface area (TPSA) is 26.3 Å². The van der Waals surface area contributed by atoms with E-state index in [0.29, 0.717) is 11.3 Å². The third-order valence-corrected chi connectivity index (χ3v) is 3.74. The third-order valence-electron chi connectivity index (χ3n) is 2.36. The molecule has 92 valence electrons. The van der Waals surface area contributed by atoms with Crippen molar-refractivity contribution in [1.82, 2.24) is 0 Å². The van der Waals surface area contributed by atoms with E-state index in [1.807, 2.05) is 48.5 Å². The minimum Gasteiger partial charge on any atom is -0.484 e. The molecule has 2 nitrogen and oxygen atoms in total. The molecule has 0 amide bonds. The Kier molecular flexibility index (Phi) is 4.77. The van der Waals surface area contributed by atoms with Crippen LogP contribution in [-0.2, 0) is 0 Å². The normalized spacial score (nSPS) is 10.1. The number of halogens is 2. The summed E-state index contributed by atoms with van der Waals surface area (Å²) in [5.74, 6) is 0.651. The molecule has 0 aliphatic heterocycles. The monoisotopic (exact) mass is 416 g/mol. The molecule has 0 spiro atoms. The van der Waals surface area contributed by atoms with E-state index in [1.54, 1.807) is 0 Å². The Morgan fingerprint density at radius 3 is 2.44 bits per heavy atom. The minimum absolute atomic E-state index is 0.0258. The van der Waals surface area contributed by atoms with Crippen LogP contribution in [0.25, 0.3) is 0 Å². The molecule has 0 atom stereocenters. The average molecular weight is 417 g/mol. The van der Waals surface area contributed by atoms with Gasteiger partial charge >= 0.3 is 0 Å². The van der Waals surface area contributed by atoms with Crippen molar-refractivity contribution in [2.45, 2.75) is 0 Å². The van der Waals surface area contributed by atoms with Crippen molar-refractivity contribution in [1.29, 1.82) is 0 Å². The zero-order chi connectivity index (χ0) is 13.0. The highest BCUT2D eigenvalue weighted by Gasteiger charge is 2.07. The largest absolute Gasteiger partial charge is 0.484 e. The molecule has 0 radical (unpaired) electrons. The average Bonchev–Trinajstić information content (AvgIpc) is 2.38. The van der Waals surface area contributed by atoms with Gasteiger partial charge < -0.3 is 4.74 Å². The van der Waals surface area contributed by atoms with E-state index in [4.69, 9.17) is 4.74 Å². The van der Waals surface area contributed by atoms with E-state index in [-0.39, 0.29) is 12.4 Å². The van der Waals surface area contributed by atoms with Crippen LogP contribution >= 0.6 is 38.5 Å². The van der Waals surface area contributed by atoms with E-state index < -0.39 is 0 Å². The molecule has 0 aromatic heterocycles. The summed E-state index contributed by atoms with van der Waals surface area (Å²) in [5.41, 5.74) is 0.669. The molecule has 2 aromatic carbocycles. The summed E-state index contributed by atoms with van der Waals surface area (Å²) < 4.78 is 7.44. The Bertz CT molecular complexity index is 552. The second-order valence-electron chi connectivity index (χ2n) is 3.65. The van der Waals surface area contributed by atoms with Crippen LogP contribution in [0.15, 0.2) is 53.0 Å². The lowest BCUT2D eigenvalue weighted by Crippen LogP contribution is -2.11. The highest BCUT2D eigenvalue weighted by molar-refractivity contribution is 14.1. The van der Waals surface area contributed by atoms with Crippen molar-refractivity contribution in [2.24, 2.45) is 0 Å². The Morgan fingerprint density at radius 1 is 1.11 bits per heavy atom. The predicted molar refractivity (Wildman–Crippen MR) is 83.1 cm³/mol. The van der Waals surface area contributed by atoms with E-state index in [9.17, 15) is 4.79 Å². The summed E-state index contributed by atoms with van der Waals surface area (Å²) in [5, 5.41) is 0. The summed E-state index contributed by atoms with van der Waals surface area (Å²) in [6.45, 7) is 0.0448. The molecule has 0 bridgehead atoms. The van der Waals surface area contributed by atoms with E-state index >= 15 is 0 Å². The number of hydrogen-bond acceptors (Lipinski definition) is 2. The summed E-state index contributed by atoms with van der Waals surface area (Å²) in [4.78, 5) is 11.9. The van der Waals surface area contributed by atoms with Crippen molar-refractivity contribution in [2.75, 3.05) is 6.61 Å². The third kappa shape index (κ3) is 3.55. The Hall–Kier alpha value is -0.880. The van der Waals surface area contributed by atoms with Gasteiger partial charge in [0.1, 0.15) is 5.75 Å². The number of hydrogen-bond donors (Lipinski definition) is 0. The molecule has 0 heterocycles. The SMILES string of the molecule is O=C(COc1ccccc1Br)c1ccc(I)cc1. The summed E-state index contributed by atoms with van der Waals surface area (Å²) in [6.07, 6.45) is 0. The lowest BCUT2D eigenvalue weighted by atomic mass is 10.1. The van der Waals surface area contributed by atoms with Crippen molar-refractivity contribution in [3.8, 4) is 5.75 Å². The highest BCUT2D eigenvalue weighted by atomic mass is 127. The van der Waals surface area contributed by atoms with Crippen LogP contribution < -0.4 is 4.74 Å². The van der Waals surface area contributed by atoms with Gasteiger partial charge in [0.25, 0.3) is 0 Å². The summed E-state index contributed by atoms with van der Waals surface area (Å²) >= 11 is 5.58. The van der Waals surface area contributed by atoms with Crippen LogP contribution in [0.4, 0.5) is 0 Å². The van der Waals surface area contributed by atoms with E-state index in [1.165, 1.54) is 0 Å². The maximum absolute atomic E-state index is 11.9. The first-order chi connectivity index (χ1) is 8.66. The van der Waals surface area contributed by atoms with Crippen molar-refractivity contribution >= 4 is 44.3 Å². The maximum atomic E-state index is 11.9. The number of para-hydroxylation sites is 1. The van der Waals surface area contributed by atoms with Gasteiger partial charge in [-0.3, -0.25) is 4.79 Å². The van der Waals surface area contributed by atoms with Gasteiger partial charge in [0.05, 0.1) is 4.47 Å². The fraction of sp³-hybridized carbons (Fsp3) is 0.0714. The fourth-order valence-corrected chi connectivity index (χ4v) is 2.18.